The maximum Gasteiger partial charge on any atom is 0.306 e. The summed E-state index contributed by atoms with van der Waals surface area (Å²) in [5.74, 6) is -2.77. The van der Waals surface area contributed by atoms with Crippen LogP contribution in [0.25, 0.3) is 0 Å². The van der Waals surface area contributed by atoms with Crippen molar-refractivity contribution in [2.45, 2.75) is 19.8 Å². The van der Waals surface area contributed by atoms with Gasteiger partial charge in [0.25, 0.3) is 5.91 Å². The van der Waals surface area contributed by atoms with Gasteiger partial charge < -0.3 is 15.5 Å². The Kier molecular flexibility index (Phi) is 6.58. The van der Waals surface area contributed by atoms with Crippen LogP contribution in [0, 0.1) is 21.8 Å². The average Bonchev–Trinajstić information content (AvgIpc) is 3.14. The Labute approximate surface area is 177 Å². The molecule has 2 aromatic carbocycles. The van der Waals surface area contributed by atoms with Gasteiger partial charge in [0.05, 0.1) is 16.5 Å². The van der Waals surface area contributed by atoms with Crippen LogP contribution in [0.15, 0.2) is 42.5 Å². The van der Waals surface area contributed by atoms with E-state index in [9.17, 15) is 28.9 Å². The largest absolute Gasteiger partial charge is 0.352 e. The van der Waals surface area contributed by atoms with Crippen molar-refractivity contribution in [1.82, 2.24) is 5.32 Å². The van der Waals surface area contributed by atoms with E-state index in [-0.39, 0.29) is 24.6 Å². The number of benzene rings is 2. The number of rotatable bonds is 7. The molecule has 2 N–H and O–H groups in total. The molecular formula is C21H21FN4O5. The van der Waals surface area contributed by atoms with Crippen LogP contribution in [0.3, 0.4) is 0 Å². The second-order valence-electron chi connectivity index (χ2n) is 7.12. The first-order valence-corrected chi connectivity index (χ1v) is 9.73. The summed E-state index contributed by atoms with van der Waals surface area (Å²) >= 11 is 0. The molecule has 2 aromatic rings. The van der Waals surface area contributed by atoms with Gasteiger partial charge in [0.15, 0.2) is 0 Å². The number of nitro groups is 1. The van der Waals surface area contributed by atoms with Gasteiger partial charge in [-0.05, 0) is 36.8 Å². The molecule has 1 saturated heterocycles. The Morgan fingerprint density at radius 2 is 2.03 bits per heavy atom. The normalized spacial score (nSPS) is 15.6. The molecule has 9 nitrogen and oxygen atoms in total. The number of nitrogens with zero attached hydrogens (tertiary/aromatic N) is 2. The van der Waals surface area contributed by atoms with Gasteiger partial charge in [0.2, 0.25) is 17.6 Å². The molecule has 10 heteroatoms. The number of halogens is 1. The Morgan fingerprint density at radius 3 is 2.74 bits per heavy atom. The standard InChI is InChI=1S/C21H21FN4O5/c1-2-8-23-20(28)13-4-3-5-15(9-13)24-21(29)14-10-19(27)25(12-14)16-6-7-17(22)18(11-16)26(30)31/h3-7,9,11,14H,2,8,10,12H2,1H3,(H,23,28)(H,24,29)/t14-/m0/s1. The summed E-state index contributed by atoms with van der Waals surface area (Å²) in [6, 6.07) is 9.60. The summed E-state index contributed by atoms with van der Waals surface area (Å²) < 4.78 is 13.6. The van der Waals surface area contributed by atoms with Crippen LogP contribution >= 0.6 is 0 Å². The van der Waals surface area contributed by atoms with Crippen molar-refractivity contribution in [1.29, 1.82) is 0 Å². The predicted molar refractivity (Wildman–Crippen MR) is 111 cm³/mol. The molecule has 3 rings (SSSR count). The van der Waals surface area contributed by atoms with Gasteiger partial charge in [-0.15, -0.1) is 0 Å². The van der Waals surface area contributed by atoms with Gasteiger partial charge in [-0.1, -0.05) is 13.0 Å². The summed E-state index contributed by atoms with van der Waals surface area (Å²) in [6.07, 6.45) is 0.708. The van der Waals surface area contributed by atoms with Crippen molar-refractivity contribution in [3.63, 3.8) is 0 Å². The van der Waals surface area contributed by atoms with Crippen LogP contribution in [0.1, 0.15) is 30.1 Å². The molecule has 0 unspecified atom stereocenters. The van der Waals surface area contributed by atoms with Crippen molar-refractivity contribution < 1.29 is 23.7 Å². The quantitative estimate of drug-likeness (QED) is 0.519. The lowest BCUT2D eigenvalue weighted by Crippen LogP contribution is -2.28. The fourth-order valence-corrected chi connectivity index (χ4v) is 3.26. The van der Waals surface area contributed by atoms with Gasteiger partial charge in [0.1, 0.15) is 0 Å². The minimum Gasteiger partial charge on any atom is -0.352 e. The molecule has 0 spiro atoms. The van der Waals surface area contributed by atoms with Gasteiger partial charge in [-0.3, -0.25) is 24.5 Å². The van der Waals surface area contributed by atoms with E-state index in [4.69, 9.17) is 0 Å². The minimum atomic E-state index is -1.00. The molecule has 0 aliphatic carbocycles. The van der Waals surface area contributed by atoms with Crippen molar-refractivity contribution in [3.8, 4) is 0 Å². The van der Waals surface area contributed by atoms with Crippen molar-refractivity contribution >= 4 is 34.8 Å². The van der Waals surface area contributed by atoms with Crippen molar-refractivity contribution in [3.05, 3.63) is 64.0 Å². The number of nitrogens with one attached hydrogen (secondary N) is 2. The fraction of sp³-hybridized carbons (Fsp3) is 0.286. The van der Waals surface area contributed by atoms with Crippen LogP contribution < -0.4 is 15.5 Å². The second kappa shape index (κ2) is 9.33. The SMILES string of the molecule is CCCNC(=O)c1cccc(NC(=O)[C@H]2CC(=O)N(c3ccc(F)c([N+](=O)[O-])c3)C2)c1. The number of carbonyl (C=O) groups excluding carboxylic acids is 3. The first-order chi connectivity index (χ1) is 14.8. The molecular weight excluding hydrogens is 407 g/mol. The van der Waals surface area contributed by atoms with Gasteiger partial charge in [-0.25, -0.2) is 0 Å². The third-order valence-corrected chi connectivity index (χ3v) is 4.86. The number of carbonyl (C=O) groups is 3. The third kappa shape index (κ3) is 5.03. The molecule has 3 amide bonds. The van der Waals surface area contributed by atoms with Crippen LogP contribution in [-0.4, -0.2) is 35.7 Å². The zero-order valence-electron chi connectivity index (χ0n) is 16.8. The zero-order valence-corrected chi connectivity index (χ0v) is 16.8. The van der Waals surface area contributed by atoms with Crippen molar-refractivity contribution in [2.75, 3.05) is 23.3 Å². The van der Waals surface area contributed by atoms with Crippen LogP contribution in [0.2, 0.25) is 0 Å². The van der Waals surface area contributed by atoms with E-state index >= 15 is 0 Å². The minimum absolute atomic E-state index is 0.00410. The zero-order chi connectivity index (χ0) is 22.5. The summed E-state index contributed by atoms with van der Waals surface area (Å²) in [6.45, 7) is 2.48. The summed E-state index contributed by atoms with van der Waals surface area (Å²) in [4.78, 5) is 48.4. The van der Waals surface area contributed by atoms with E-state index in [1.54, 1.807) is 24.3 Å². The first kappa shape index (κ1) is 21.9. The molecule has 1 fully saturated rings. The third-order valence-electron chi connectivity index (χ3n) is 4.86. The molecule has 31 heavy (non-hydrogen) atoms. The average molecular weight is 428 g/mol. The molecule has 1 aliphatic rings. The predicted octanol–water partition coefficient (Wildman–Crippen LogP) is 2.87. The molecule has 0 radical (unpaired) electrons. The second-order valence-corrected chi connectivity index (χ2v) is 7.12. The molecule has 1 heterocycles. The van der Waals surface area contributed by atoms with Gasteiger partial charge >= 0.3 is 5.69 Å². The lowest BCUT2D eigenvalue weighted by molar-refractivity contribution is -0.387. The summed E-state index contributed by atoms with van der Waals surface area (Å²) in [5, 5.41) is 16.4. The maximum absolute atomic E-state index is 13.6. The number of hydrogen-bond donors (Lipinski definition) is 2. The number of anilines is 2. The monoisotopic (exact) mass is 428 g/mol. The first-order valence-electron chi connectivity index (χ1n) is 9.73. The lowest BCUT2D eigenvalue weighted by atomic mass is 10.1. The van der Waals surface area contributed by atoms with Crippen LogP contribution in [0.4, 0.5) is 21.5 Å². The fourth-order valence-electron chi connectivity index (χ4n) is 3.26. The molecule has 0 saturated carbocycles. The molecule has 1 aliphatic heterocycles. The lowest BCUT2D eigenvalue weighted by Gasteiger charge is -2.17. The van der Waals surface area contributed by atoms with Crippen LogP contribution in [0.5, 0.6) is 0 Å². The Hall–Kier alpha value is -3.82. The highest BCUT2D eigenvalue weighted by Crippen LogP contribution is 2.30. The Bertz CT molecular complexity index is 1040. The van der Waals surface area contributed by atoms with Gasteiger partial charge in [0, 0.05) is 36.8 Å². The summed E-state index contributed by atoms with van der Waals surface area (Å²) in [7, 11) is 0. The topological polar surface area (TPSA) is 122 Å². The number of amides is 3. The summed E-state index contributed by atoms with van der Waals surface area (Å²) in [5.41, 5.74) is 0.228. The van der Waals surface area contributed by atoms with Crippen LogP contribution in [-0.2, 0) is 9.59 Å². The van der Waals surface area contributed by atoms with E-state index in [1.165, 1.54) is 11.0 Å². The van der Waals surface area contributed by atoms with E-state index < -0.39 is 34.2 Å². The van der Waals surface area contributed by atoms with E-state index in [2.05, 4.69) is 10.6 Å². The highest BCUT2D eigenvalue weighted by Gasteiger charge is 2.36. The van der Waals surface area contributed by atoms with E-state index in [0.29, 0.717) is 17.8 Å². The number of nitro benzene ring substituents is 1. The van der Waals surface area contributed by atoms with E-state index in [0.717, 1.165) is 18.6 Å². The maximum atomic E-state index is 13.6. The van der Waals surface area contributed by atoms with E-state index in [1.807, 2.05) is 6.92 Å². The Morgan fingerprint density at radius 1 is 1.26 bits per heavy atom. The van der Waals surface area contributed by atoms with Gasteiger partial charge in [-0.2, -0.15) is 4.39 Å². The highest BCUT2D eigenvalue weighted by molar-refractivity contribution is 6.04. The smallest absolute Gasteiger partial charge is 0.306 e. The highest BCUT2D eigenvalue weighted by atomic mass is 19.1. The van der Waals surface area contributed by atoms with Crippen molar-refractivity contribution in [2.24, 2.45) is 5.92 Å². The number of hydrogen-bond acceptors (Lipinski definition) is 5. The molecule has 1 atom stereocenters. The molecule has 0 aromatic heterocycles. The Balaban J connectivity index is 1.69. The molecule has 0 bridgehead atoms. The molecule has 162 valence electrons.